The van der Waals surface area contributed by atoms with E-state index in [1.54, 1.807) is 0 Å². The van der Waals surface area contributed by atoms with Gasteiger partial charge in [0.25, 0.3) is 0 Å². The van der Waals surface area contributed by atoms with E-state index in [1.165, 1.54) is 5.56 Å². The third-order valence-electron chi connectivity index (χ3n) is 2.23. The summed E-state index contributed by atoms with van der Waals surface area (Å²) in [4.78, 5) is 11.3. The first-order valence-electron chi connectivity index (χ1n) is 5.44. The van der Waals surface area contributed by atoms with E-state index in [9.17, 15) is 4.79 Å². The van der Waals surface area contributed by atoms with Crippen LogP contribution in [0.1, 0.15) is 11.1 Å². The van der Waals surface area contributed by atoms with Crippen molar-refractivity contribution in [1.82, 2.24) is 16.0 Å². The summed E-state index contributed by atoms with van der Waals surface area (Å²) < 4.78 is 0. The van der Waals surface area contributed by atoms with E-state index in [2.05, 4.69) is 16.0 Å². The molecular formula is C12H19N3O. The van der Waals surface area contributed by atoms with Gasteiger partial charge in [0.05, 0.1) is 0 Å². The lowest BCUT2D eigenvalue weighted by Gasteiger charge is -2.07. The second-order valence-electron chi connectivity index (χ2n) is 3.70. The van der Waals surface area contributed by atoms with Crippen molar-refractivity contribution in [2.24, 2.45) is 0 Å². The van der Waals surface area contributed by atoms with Gasteiger partial charge in [-0.3, -0.25) is 0 Å². The lowest BCUT2D eigenvalue weighted by molar-refractivity contribution is 0.240. The average Bonchev–Trinajstić information content (AvgIpc) is 2.29. The van der Waals surface area contributed by atoms with Gasteiger partial charge < -0.3 is 16.0 Å². The van der Waals surface area contributed by atoms with E-state index in [4.69, 9.17) is 0 Å². The number of rotatable bonds is 5. The monoisotopic (exact) mass is 221 g/mol. The molecule has 1 aromatic carbocycles. The Balaban J connectivity index is 2.23. The first kappa shape index (κ1) is 12.5. The minimum atomic E-state index is -0.129. The van der Waals surface area contributed by atoms with Crippen LogP contribution in [0.3, 0.4) is 0 Å². The zero-order valence-corrected chi connectivity index (χ0v) is 9.84. The first-order chi connectivity index (χ1) is 7.72. The van der Waals surface area contributed by atoms with Gasteiger partial charge in [0, 0.05) is 19.6 Å². The first-order valence-corrected chi connectivity index (χ1v) is 5.44. The number of amides is 2. The maximum absolute atomic E-state index is 11.3. The van der Waals surface area contributed by atoms with Crippen LogP contribution < -0.4 is 16.0 Å². The molecule has 0 saturated heterocycles. The third-order valence-corrected chi connectivity index (χ3v) is 2.23. The Hall–Kier alpha value is -1.55. The normalized spacial score (nSPS) is 9.88. The van der Waals surface area contributed by atoms with Gasteiger partial charge in [-0.1, -0.05) is 29.8 Å². The number of nitrogens with one attached hydrogen (secondary N) is 3. The number of hydrogen-bond acceptors (Lipinski definition) is 2. The number of carbonyl (C=O) groups is 1. The number of likely N-dealkylation sites (N-methyl/N-ethyl adjacent to an activating group) is 1. The molecule has 3 N–H and O–H groups in total. The molecule has 1 rings (SSSR count). The van der Waals surface area contributed by atoms with E-state index >= 15 is 0 Å². The van der Waals surface area contributed by atoms with Crippen molar-refractivity contribution in [1.29, 1.82) is 0 Å². The second-order valence-corrected chi connectivity index (χ2v) is 3.70. The van der Waals surface area contributed by atoms with Crippen LogP contribution in [-0.4, -0.2) is 26.2 Å². The van der Waals surface area contributed by atoms with Gasteiger partial charge in [0.2, 0.25) is 0 Å². The molecule has 4 nitrogen and oxygen atoms in total. The maximum Gasteiger partial charge on any atom is 0.315 e. The third kappa shape index (κ3) is 4.79. The summed E-state index contributed by atoms with van der Waals surface area (Å²) in [5.41, 5.74) is 2.33. The van der Waals surface area contributed by atoms with Crippen LogP contribution in [0, 0.1) is 6.92 Å². The topological polar surface area (TPSA) is 53.2 Å². The highest BCUT2D eigenvalue weighted by molar-refractivity contribution is 5.73. The van der Waals surface area contributed by atoms with Gasteiger partial charge in [-0.05, 0) is 19.5 Å². The zero-order valence-electron chi connectivity index (χ0n) is 9.84. The molecular weight excluding hydrogens is 202 g/mol. The number of hydrogen-bond donors (Lipinski definition) is 3. The molecule has 0 spiro atoms. The molecule has 0 bridgehead atoms. The van der Waals surface area contributed by atoms with Crippen molar-refractivity contribution in [2.45, 2.75) is 13.5 Å². The minimum Gasteiger partial charge on any atom is -0.337 e. The quantitative estimate of drug-likeness (QED) is 0.650. The van der Waals surface area contributed by atoms with Crippen LogP contribution in [-0.2, 0) is 6.54 Å². The summed E-state index contributed by atoms with van der Waals surface area (Å²) in [6, 6.07) is 7.98. The van der Waals surface area contributed by atoms with Crippen LogP contribution in [0.5, 0.6) is 0 Å². The smallest absolute Gasteiger partial charge is 0.315 e. The Morgan fingerprint density at radius 2 is 1.81 bits per heavy atom. The van der Waals surface area contributed by atoms with E-state index in [-0.39, 0.29) is 6.03 Å². The van der Waals surface area contributed by atoms with Gasteiger partial charge in [0.15, 0.2) is 0 Å². The Bertz CT molecular complexity index is 322. The predicted molar refractivity (Wildman–Crippen MR) is 65.3 cm³/mol. The van der Waals surface area contributed by atoms with Crippen molar-refractivity contribution in [3.05, 3.63) is 35.4 Å². The lowest BCUT2D eigenvalue weighted by Crippen LogP contribution is -2.38. The van der Waals surface area contributed by atoms with E-state index in [0.29, 0.717) is 13.1 Å². The lowest BCUT2D eigenvalue weighted by atomic mass is 10.1. The van der Waals surface area contributed by atoms with Crippen LogP contribution in [0.15, 0.2) is 24.3 Å². The summed E-state index contributed by atoms with van der Waals surface area (Å²) in [5, 5.41) is 8.51. The van der Waals surface area contributed by atoms with E-state index in [0.717, 1.165) is 12.1 Å². The molecule has 16 heavy (non-hydrogen) atoms. The summed E-state index contributed by atoms with van der Waals surface area (Å²) in [5.74, 6) is 0. The van der Waals surface area contributed by atoms with Crippen molar-refractivity contribution in [3.63, 3.8) is 0 Å². The molecule has 0 radical (unpaired) electrons. The number of carbonyl (C=O) groups excluding carboxylic acids is 1. The molecule has 0 unspecified atom stereocenters. The summed E-state index contributed by atoms with van der Waals surface area (Å²) in [6.45, 7) is 4.02. The Kier molecular flexibility index (Phi) is 5.36. The van der Waals surface area contributed by atoms with Gasteiger partial charge in [-0.25, -0.2) is 4.79 Å². The van der Waals surface area contributed by atoms with Gasteiger partial charge in [0.1, 0.15) is 0 Å². The Labute approximate surface area is 96.4 Å². The van der Waals surface area contributed by atoms with Gasteiger partial charge >= 0.3 is 6.03 Å². The Morgan fingerprint density at radius 1 is 1.12 bits per heavy atom. The molecule has 88 valence electrons. The SMILES string of the molecule is CNCCNC(=O)NCc1ccc(C)cc1. The molecule has 1 aromatic rings. The summed E-state index contributed by atoms with van der Waals surface area (Å²) >= 11 is 0. The fraction of sp³-hybridized carbons (Fsp3) is 0.417. The van der Waals surface area contributed by atoms with Crippen molar-refractivity contribution in [2.75, 3.05) is 20.1 Å². The molecule has 0 heterocycles. The Morgan fingerprint density at radius 3 is 2.44 bits per heavy atom. The van der Waals surface area contributed by atoms with Crippen molar-refractivity contribution in [3.8, 4) is 0 Å². The number of urea groups is 1. The fourth-order valence-electron chi connectivity index (χ4n) is 1.25. The maximum atomic E-state index is 11.3. The average molecular weight is 221 g/mol. The molecule has 2 amide bonds. The van der Waals surface area contributed by atoms with Crippen LogP contribution >= 0.6 is 0 Å². The number of benzene rings is 1. The highest BCUT2D eigenvalue weighted by Gasteiger charge is 1.98. The molecule has 4 heteroatoms. The molecule has 0 aliphatic carbocycles. The minimum absolute atomic E-state index is 0.129. The zero-order chi connectivity index (χ0) is 11.8. The van der Waals surface area contributed by atoms with E-state index < -0.39 is 0 Å². The van der Waals surface area contributed by atoms with Crippen LogP contribution in [0.2, 0.25) is 0 Å². The molecule has 0 aromatic heterocycles. The van der Waals surface area contributed by atoms with Gasteiger partial charge in [-0.2, -0.15) is 0 Å². The molecule has 0 aliphatic rings. The summed E-state index contributed by atoms with van der Waals surface area (Å²) in [6.07, 6.45) is 0. The molecule has 0 saturated carbocycles. The van der Waals surface area contributed by atoms with Crippen molar-refractivity contribution < 1.29 is 4.79 Å². The highest BCUT2D eigenvalue weighted by atomic mass is 16.2. The summed E-state index contributed by atoms with van der Waals surface area (Å²) in [7, 11) is 1.85. The number of aryl methyl sites for hydroxylation is 1. The highest BCUT2D eigenvalue weighted by Crippen LogP contribution is 2.01. The van der Waals surface area contributed by atoms with E-state index in [1.807, 2.05) is 38.2 Å². The largest absolute Gasteiger partial charge is 0.337 e. The fourth-order valence-corrected chi connectivity index (χ4v) is 1.25. The van der Waals surface area contributed by atoms with Crippen LogP contribution in [0.25, 0.3) is 0 Å². The molecule has 0 fully saturated rings. The standard InChI is InChI=1S/C12H19N3O/c1-10-3-5-11(6-4-10)9-15-12(16)14-8-7-13-2/h3-6,13H,7-9H2,1-2H3,(H2,14,15,16). The second kappa shape index (κ2) is 6.85. The van der Waals surface area contributed by atoms with Crippen molar-refractivity contribution >= 4 is 6.03 Å². The van der Waals surface area contributed by atoms with Crippen LogP contribution in [0.4, 0.5) is 4.79 Å². The molecule has 0 aliphatic heterocycles. The molecule has 0 atom stereocenters. The predicted octanol–water partition coefficient (Wildman–Crippen LogP) is 1.01. The van der Waals surface area contributed by atoms with Gasteiger partial charge in [-0.15, -0.1) is 0 Å².